The van der Waals surface area contributed by atoms with Crippen LogP contribution in [0.25, 0.3) is 0 Å². The average molecular weight is 297 g/mol. The van der Waals surface area contributed by atoms with Crippen molar-refractivity contribution in [2.75, 3.05) is 5.32 Å². The molecule has 0 aliphatic rings. The highest BCUT2D eigenvalue weighted by Crippen LogP contribution is 2.32. The van der Waals surface area contributed by atoms with Gasteiger partial charge < -0.3 is 5.32 Å². The van der Waals surface area contributed by atoms with E-state index in [0.717, 1.165) is 17.7 Å². The molecule has 0 aliphatic heterocycles. The normalized spacial score (nSPS) is 11.5. The summed E-state index contributed by atoms with van der Waals surface area (Å²) in [5.41, 5.74) is 1.63. The molecule has 0 bridgehead atoms. The van der Waals surface area contributed by atoms with Crippen molar-refractivity contribution in [3.8, 4) is 0 Å². The largest absolute Gasteiger partial charge is 0.416 e. The first-order chi connectivity index (χ1) is 9.77. The first-order valence-corrected chi connectivity index (χ1v) is 6.44. The van der Waals surface area contributed by atoms with Crippen LogP contribution in [0.3, 0.4) is 0 Å². The van der Waals surface area contributed by atoms with Crippen LogP contribution in [0, 0.1) is 19.7 Å². The molecule has 2 rings (SSSR count). The van der Waals surface area contributed by atoms with Gasteiger partial charge in [0, 0.05) is 17.8 Å². The van der Waals surface area contributed by atoms with E-state index < -0.39 is 11.7 Å². The zero-order chi connectivity index (χ0) is 15.6. The molecule has 0 atom stereocenters. The lowest BCUT2D eigenvalue weighted by molar-refractivity contribution is -0.137. The molecule has 0 aliphatic carbocycles. The van der Waals surface area contributed by atoms with Crippen LogP contribution in [0.4, 0.5) is 23.2 Å². The molecule has 0 unspecified atom stereocenters. The van der Waals surface area contributed by atoms with Crippen molar-refractivity contribution in [1.29, 1.82) is 0 Å². The molecule has 112 valence electrons. The molecule has 0 amide bonds. The van der Waals surface area contributed by atoms with Gasteiger partial charge in [-0.1, -0.05) is 23.8 Å². The van der Waals surface area contributed by atoms with Gasteiger partial charge in [0.2, 0.25) is 0 Å². The highest BCUT2D eigenvalue weighted by Gasteiger charge is 2.30. The Hall–Kier alpha value is -2.04. The fourth-order valence-corrected chi connectivity index (χ4v) is 2.02. The van der Waals surface area contributed by atoms with Crippen molar-refractivity contribution >= 4 is 5.69 Å². The second-order valence-corrected chi connectivity index (χ2v) is 4.98. The molecule has 2 aromatic rings. The Balaban J connectivity index is 2.22. The van der Waals surface area contributed by atoms with Crippen LogP contribution < -0.4 is 5.32 Å². The minimum absolute atomic E-state index is 0.135. The highest BCUT2D eigenvalue weighted by molar-refractivity contribution is 5.53. The van der Waals surface area contributed by atoms with Crippen LogP contribution in [0.1, 0.15) is 22.3 Å². The Morgan fingerprint density at radius 2 is 1.71 bits per heavy atom. The van der Waals surface area contributed by atoms with E-state index in [1.807, 2.05) is 6.92 Å². The van der Waals surface area contributed by atoms with Crippen molar-refractivity contribution in [3.05, 3.63) is 64.5 Å². The number of hydrogen-bond donors (Lipinski definition) is 1. The third kappa shape index (κ3) is 3.74. The summed E-state index contributed by atoms with van der Waals surface area (Å²) in [5.74, 6) is -0.377. The molecule has 1 nitrogen and oxygen atoms in total. The minimum Gasteiger partial charge on any atom is -0.381 e. The summed E-state index contributed by atoms with van der Waals surface area (Å²) in [4.78, 5) is 0. The SMILES string of the molecule is Cc1ccc(F)c(CNc2cc(C(F)(F)F)ccc2C)c1. The number of benzene rings is 2. The lowest BCUT2D eigenvalue weighted by Gasteiger charge is -2.14. The molecular weight excluding hydrogens is 282 g/mol. The van der Waals surface area contributed by atoms with Crippen molar-refractivity contribution in [1.82, 2.24) is 0 Å². The van der Waals surface area contributed by atoms with E-state index in [1.54, 1.807) is 19.1 Å². The molecule has 0 aromatic heterocycles. The molecule has 0 spiro atoms. The van der Waals surface area contributed by atoms with E-state index in [0.29, 0.717) is 16.8 Å². The summed E-state index contributed by atoms with van der Waals surface area (Å²) in [6, 6.07) is 8.15. The molecule has 0 fully saturated rings. The first-order valence-electron chi connectivity index (χ1n) is 6.44. The summed E-state index contributed by atoms with van der Waals surface area (Å²) in [6.07, 6.45) is -4.39. The van der Waals surface area contributed by atoms with Crippen LogP contribution in [-0.4, -0.2) is 0 Å². The van der Waals surface area contributed by atoms with Crippen LogP contribution in [-0.2, 0) is 12.7 Å². The lowest BCUT2D eigenvalue weighted by Crippen LogP contribution is -2.08. The van der Waals surface area contributed by atoms with Crippen molar-refractivity contribution in [2.45, 2.75) is 26.6 Å². The Bertz CT molecular complexity index is 647. The maximum absolute atomic E-state index is 13.6. The van der Waals surface area contributed by atoms with Crippen molar-refractivity contribution < 1.29 is 17.6 Å². The van der Waals surface area contributed by atoms with Gasteiger partial charge in [-0.3, -0.25) is 0 Å². The van der Waals surface area contributed by atoms with Gasteiger partial charge in [-0.15, -0.1) is 0 Å². The number of halogens is 4. The second-order valence-electron chi connectivity index (χ2n) is 4.98. The maximum atomic E-state index is 13.6. The fourth-order valence-electron chi connectivity index (χ4n) is 2.02. The third-order valence-electron chi connectivity index (χ3n) is 3.24. The number of anilines is 1. The van der Waals surface area contributed by atoms with Gasteiger partial charge in [0.1, 0.15) is 5.82 Å². The first kappa shape index (κ1) is 15.4. The summed E-state index contributed by atoms with van der Waals surface area (Å²) in [6.45, 7) is 3.67. The number of hydrogen-bond acceptors (Lipinski definition) is 1. The summed E-state index contributed by atoms with van der Waals surface area (Å²) in [5, 5.41) is 2.87. The fraction of sp³-hybridized carbons (Fsp3) is 0.250. The standard InChI is InChI=1S/C16H15F4N/c1-10-3-6-14(17)12(7-10)9-21-15-8-13(16(18,19)20)5-4-11(15)2/h3-8,21H,9H2,1-2H3. The van der Waals surface area contributed by atoms with Crippen LogP contribution in [0.5, 0.6) is 0 Å². The lowest BCUT2D eigenvalue weighted by atomic mass is 10.1. The molecule has 0 saturated heterocycles. The zero-order valence-corrected chi connectivity index (χ0v) is 11.7. The quantitative estimate of drug-likeness (QED) is 0.780. The number of nitrogens with one attached hydrogen (secondary N) is 1. The topological polar surface area (TPSA) is 12.0 Å². The van der Waals surface area contributed by atoms with Gasteiger partial charge in [-0.05, 0) is 37.6 Å². The monoisotopic (exact) mass is 297 g/mol. The second kappa shape index (κ2) is 5.76. The van der Waals surface area contributed by atoms with E-state index in [2.05, 4.69) is 5.32 Å². The smallest absolute Gasteiger partial charge is 0.381 e. The summed E-state index contributed by atoms with van der Waals surface area (Å²) in [7, 11) is 0. The van der Waals surface area contributed by atoms with Gasteiger partial charge in [0.05, 0.1) is 5.56 Å². The predicted octanol–water partition coefficient (Wildman–Crippen LogP) is 5.07. The highest BCUT2D eigenvalue weighted by atomic mass is 19.4. The van der Waals surface area contributed by atoms with Crippen LogP contribution >= 0.6 is 0 Å². The van der Waals surface area contributed by atoms with E-state index >= 15 is 0 Å². The van der Waals surface area contributed by atoms with E-state index in [-0.39, 0.29) is 12.4 Å². The van der Waals surface area contributed by atoms with Crippen molar-refractivity contribution in [3.63, 3.8) is 0 Å². The van der Waals surface area contributed by atoms with Gasteiger partial charge in [-0.25, -0.2) is 4.39 Å². The van der Waals surface area contributed by atoms with Crippen LogP contribution in [0.2, 0.25) is 0 Å². The Morgan fingerprint density at radius 1 is 1.00 bits per heavy atom. The zero-order valence-electron chi connectivity index (χ0n) is 11.7. The van der Waals surface area contributed by atoms with E-state index in [1.165, 1.54) is 12.1 Å². The molecular formula is C16H15F4N. The minimum atomic E-state index is -4.39. The van der Waals surface area contributed by atoms with Gasteiger partial charge in [0.15, 0.2) is 0 Å². The Kier molecular flexibility index (Phi) is 4.21. The molecule has 21 heavy (non-hydrogen) atoms. The summed E-state index contributed by atoms with van der Waals surface area (Å²) < 4.78 is 51.7. The molecule has 1 N–H and O–H groups in total. The predicted molar refractivity (Wildman–Crippen MR) is 74.6 cm³/mol. The average Bonchev–Trinajstić information content (AvgIpc) is 2.40. The molecule has 2 aromatic carbocycles. The Morgan fingerprint density at radius 3 is 2.38 bits per heavy atom. The summed E-state index contributed by atoms with van der Waals surface area (Å²) >= 11 is 0. The van der Waals surface area contributed by atoms with Gasteiger partial charge in [-0.2, -0.15) is 13.2 Å². The number of aryl methyl sites for hydroxylation is 2. The van der Waals surface area contributed by atoms with E-state index in [9.17, 15) is 17.6 Å². The molecule has 5 heteroatoms. The van der Waals surface area contributed by atoms with Crippen LogP contribution in [0.15, 0.2) is 36.4 Å². The maximum Gasteiger partial charge on any atom is 0.416 e. The molecule has 0 saturated carbocycles. The molecule has 0 heterocycles. The molecule has 0 radical (unpaired) electrons. The number of alkyl halides is 3. The van der Waals surface area contributed by atoms with Gasteiger partial charge >= 0.3 is 6.18 Å². The van der Waals surface area contributed by atoms with Gasteiger partial charge in [0.25, 0.3) is 0 Å². The van der Waals surface area contributed by atoms with E-state index in [4.69, 9.17) is 0 Å². The third-order valence-corrected chi connectivity index (χ3v) is 3.24. The Labute approximate surface area is 120 Å². The van der Waals surface area contributed by atoms with Crippen molar-refractivity contribution in [2.24, 2.45) is 0 Å². The number of rotatable bonds is 3.